The first-order valence-corrected chi connectivity index (χ1v) is 8.78. The SMILES string of the molecule is CC(C)(C)OC(=O)N1CCC(N(C=O)c2ncc3cc(Cl)ccc3n2)C1. The van der Waals surface area contributed by atoms with Crippen LogP contribution in [0.1, 0.15) is 27.2 Å². The van der Waals surface area contributed by atoms with E-state index >= 15 is 0 Å². The molecule has 26 heavy (non-hydrogen) atoms. The van der Waals surface area contributed by atoms with E-state index in [1.165, 1.54) is 4.90 Å². The van der Waals surface area contributed by atoms with Crippen LogP contribution in [0.15, 0.2) is 24.4 Å². The van der Waals surface area contributed by atoms with Crippen LogP contribution in [-0.4, -0.2) is 52.1 Å². The number of fused-ring (bicyclic) bond motifs is 1. The second-order valence-corrected chi connectivity index (χ2v) is 7.69. The number of hydrogen-bond acceptors (Lipinski definition) is 5. The Kier molecular flexibility index (Phi) is 5.00. The van der Waals surface area contributed by atoms with E-state index < -0.39 is 5.60 Å². The summed E-state index contributed by atoms with van der Waals surface area (Å²) in [5.74, 6) is 0.311. The highest BCUT2D eigenvalue weighted by Crippen LogP contribution is 2.23. The van der Waals surface area contributed by atoms with Gasteiger partial charge in [-0.15, -0.1) is 0 Å². The molecule has 1 atom stereocenters. The van der Waals surface area contributed by atoms with Crippen LogP contribution < -0.4 is 4.90 Å². The molecule has 2 aromatic rings. The molecule has 1 fully saturated rings. The maximum atomic E-state index is 12.2. The van der Waals surface area contributed by atoms with Crippen molar-refractivity contribution in [2.45, 2.75) is 38.8 Å². The van der Waals surface area contributed by atoms with Gasteiger partial charge < -0.3 is 9.64 Å². The fourth-order valence-electron chi connectivity index (χ4n) is 2.88. The van der Waals surface area contributed by atoms with Crippen molar-refractivity contribution in [3.63, 3.8) is 0 Å². The van der Waals surface area contributed by atoms with Gasteiger partial charge >= 0.3 is 6.09 Å². The third-order valence-electron chi connectivity index (χ3n) is 4.08. The number of likely N-dealkylation sites (tertiary alicyclic amines) is 1. The predicted molar refractivity (Wildman–Crippen MR) is 99.3 cm³/mol. The monoisotopic (exact) mass is 376 g/mol. The summed E-state index contributed by atoms with van der Waals surface area (Å²) in [7, 11) is 0. The molecular weight excluding hydrogens is 356 g/mol. The highest BCUT2D eigenvalue weighted by Gasteiger charge is 2.34. The first kappa shape index (κ1) is 18.4. The molecular formula is C18H21ClN4O3. The van der Waals surface area contributed by atoms with Gasteiger partial charge in [-0.05, 0) is 45.4 Å². The Bertz CT molecular complexity index is 837. The number of rotatable bonds is 3. The molecule has 7 nitrogen and oxygen atoms in total. The number of amides is 2. The third kappa shape index (κ3) is 4.04. The molecule has 0 radical (unpaired) electrons. The molecule has 3 rings (SSSR count). The predicted octanol–water partition coefficient (Wildman–Crippen LogP) is 3.26. The van der Waals surface area contributed by atoms with Crippen LogP contribution in [-0.2, 0) is 9.53 Å². The van der Waals surface area contributed by atoms with Crippen molar-refractivity contribution >= 4 is 41.0 Å². The zero-order valence-electron chi connectivity index (χ0n) is 15.0. The van der Waals surface area contributed by atoms with E-state index in [4.69, 9.17) is 16.3 Å². The quantitative estimate of drug-likeness (QED) is 0.768. The van der Waals surface area contributed by atoms with E-state index in [-0.39, 0.29) is 12.1 Å². The lowest BCUT2D eigenvalue weighted by Gasteiger charge is -2.26. The van der Waals surface area contributed by atoms with Crippen LogP contribution in [0, 0.1) is 0 Å². The molecule has 0 bridgehead atoms. The average Bonchev–Trinajstić information content (AvgIpc) is 3.04. The number of anilines is 1. The zero-order chi connectivity index (χ0) is 18.9. The van der Waals surface area contributed by atoms with Gasteiger partial charge in [-0.3, -0.25) is 9.69 Å². The minimum absolute atomic E-state index is 0.190. The zero-order valence-corrected chi connectivity index (χ0v) is 15.7. The first-order chi connectivity index (χ1) is 12.3. The van der Waals surface area contributed by atoms with Gasteiger partial charge in [-0.1, -0.05) is 11.6 Å². The van der Waals surface area contributed by atoms with E-state index in [0.29, 0.717) is 42.4 Å². The lowest BCUT2D eigenvalue weighted by atomic mass is 10.2. The van der Waals surface area contributed by atoms with Crippen LogP contribution in [0.5, 0.6) is 0 Å². The van der Waals surface area contributed by atoms with Crippen LogP contribution >= 0.6 is 11.6 Å². The van der Waals surface area contributed by atoms with E-state index in [1.807, 2.05) is 20.8 Å². The van der Waals surface area contributed by atoms with E-state index in [2.05, 4.69) is 9.97 Å². The highest BCUT2D eigenvalue weighted by molar-refractivity contribution is 6.31. The Hall–Kier alpha value is -2.41. The number of halogens is 1. The number of nitrogens with zero attached hydrogens (tertiary/aromatic N) is 4. The van der Waals surface area contributed by atoms with Crippen molar-refractivity contribution in [2.75, 3.05) is 18.0 Å². The van der Waals surface area contributed by atoms with Crippen molar-refractivity contribution in [1.29, 1.82) is 0 Å². The Morgan fingerprint density at radius 3 is 2.88 bits per heavy atom. The lowest BCUT2D eigenvalue weighted by Crippen LogP contribution is -2.40. The van der Waals surface area contributed by atoms with Gasteiger partial charge in [0.2, 0.25) is 12.4 Å². The Balaban J connectivity index is 1.76. The van der Waals surface area contributed by atoms with Crippen LogP contribution in [0.4, 0.5) is 10.7 Å². The number of hydrogen-bond donors (Lipinski definition) is 0. The number of benzene rings is 1. The molecule has 1 saturated heterocycles. The maximum Gasteiger partial charge on any atom is 0.410 e. The molecule has 0 aliphatic carbocycles. The van der Waals surface area contributed by atoms with Crippen LogP contribution in [0.3, 0.4) is 0 Å². The summed E-state index contributed by atoms with van der Waals surface area (Å²) in [4.78, 5) is 35.7. The van der Waals surface area contributed by atoms with Gasteiger partial charge in [0, 0.05) is 29.7 Å². The topological polar surface area (TPSA) is 75.6 Å². The van der Waals surface area contributed by atoms with E-state index in [0.717, 1.165) is 5.39 Å². The van der Waals surface area contributed by atoms with Gasteiger partial charge in [-0.25, -0.2) is 14.8 Å². The number of carbonyl (C=O) groups excluding carboxylic acids is 2. The summed E-state index contributed by atoms with van der Waals surface area (Å²) in [6.07, 6.45) is 2.61. The van der Waals surface area contributed by atoms with Gasteiger partial charge in [0.15, 0.2) is 0 Å². The fourth-order valence-corrected chi connectivity index (χ4v) is 3.06. The Morgan fingerprint density at radius 1 is 1.42 bits per heavy atom. The molecule has 8 heteroatoms. The minimum Gasteiger partial charge on any atom is -0.444 e. The smallest absolute Gasteiger partial charge is 0.410 e. The van der Waals surface area contributed by atoms with E-state index in [9.17, 15) is 9.59 Å². The van der Waals surface area contributed by atoms with Gasteiger partial charge in [0.05, 0.1) is 11.6 Å². The summed E-state index contributed by atoms with van der Waals surface area (Å²) < 4.78 is 5.39. The molecule has 1 aliphatic rings. The third-order valence-corrected chi connectivity index (χ3v) is 4.32. The second kappa shape index (κ2) is 7.07. The van der Waals surface area contributed by atoms with Crippen molar-refractivity contribution in [1.82, 2.24) is 14.9 Å². The van der Waals surface area contributed by atoms with E-state index in [1.54, 1.807) is 29.3 Å². The molecule has 2 heterocycles. The summed E-state index contributed by atoms with van der Waals surface area (Å²) in [5.41, 5.74) is 0.149. The molecule has 2 amide bonds. The molecule has 1 unspecified atom stereocenters. The maximum absolute atomic E-state index is 12.2. The summed E-state index contributed by atoms with van der Waals surface area (Å²) in [6.45, 7) is 6.38. The minimum atomic E-state index is -0.553. The number of ether oxygens (including phenoxy) is 1. The Morgan fingerprint density at radius 2 is 2.19 bits per heavy atom. The van der Waals surface area contributed by atoms with Crippen molar-refractivity contribution in [3.05, 3.63) is 29.4 Å². The number of carbonyl (C=O) groups is 2. The number of aromatic nitrogens is 2. The molecule has 1 aliphatic heterocycles. The second-order valence-electron chi connectivity index (χ2n) is 7.25. The molecule has 0 saturated carbocycles. The summed E-state index contributed by atoms with van der Waals surface area (Å²) in [6, 6.07) is 5.11. The average molecular weight is 377 g/mol. The molecule has 0 spiro atoms. The van der Waals surface area contributed by atoms with Crippen molar-refractivity contribution in [2.24, 2.45) is 0 Å². The normalized spacial score (nSPS) is 17.4. The van der Waals surface area contributed by atoms with Gasteiger partial charge in [0.1, 0.15) is 5.60 Å². The highest BCUT2D eigenvalue weighted by atomic mass is 35.5. The molecule has 1 aromatic carbocycles. The van der Waals surface area contributed by atoms with Crippen molar-refractivity contribution in [3.8, 4) is 0 Å². The summed E-state index contributed by atoms with van der Waals surface area (Å²) in [5, 5.41) is 1.40. The van der Waals surface area contributed by atoms with Gasteiger partial charge in [-0.2, -0.15) is 0 Å². The standard InChI is InChI=1S/C18H21ClN4O3/c1-18(2,3)26-17(25)22-7-6-14(10-22)23(11-24)16-20-9-12-8-13(19)4-5-15(12)21-16/h4-5,8-9,11,14H,6-7,10H2,1-3H3. The fraction of sp³-hybridized carbons (Fsp3) is 0.444. The molecule has 1 aromatic heterocycles. The van der Waals surface area contributed by atoms with Gasteiger partial charge in [0.25, 0.3) is 0 Å². The first-order valence-electron chi connectivity index (χ1n) is 8.41. The van der Waals surface area contributed by atoms with Crippen LogP contribution in [0.25, 0.3) is 10.9 Å². The van der Waals surface area contributed by atoms with Crippen molar-refractivity contribution < 1.29 is 14.3 Å². The lowest BCUT2D eigenvalue weighted by molar-refractivity contribution is -0.107. The largest absolute Gasteiger partial charge is 0.444 e. The van der Waals surface area contributed by atoms with Crippen LogP contribution in [0.2, 0.25) is 5.02 Å². The Labute approximate surface area is 156 Å². The summed E-state index contributed by atoms with van der Waals surface area (Å²) >= 11 is 5.97. The molecule has 138 valence electrons. The molecule has 0 N–H and O–H groups in total.